The van der Waals surface area contributed by atoms with E-state index in [-0.39, 0.29) is 0 Å². The Morgan fingerprint density at radius 1 is 1.23 bits per heavy atom. The molecule has 0 aliphatic heterocycles. The van der Waals surface area contributed by atoms with E-state index < -0.39 is 0 Å². The fraction of sp³-hybridized carbons (Fsp3) is 0.667. The maximum absolute atomic E-state index is 4.25. The lowest BCUT2D eigenvalue weighted by Gasteiger charge is -2.05. The van der Waals surface area contributed by atoms with Crippen LogP contribution in [0.15, 0.2) is 5.51 Å². The number of nitrogens with one attached hydrogen (secondary N) is 2. The molecule has 1 heterocycles. The Morgan fingerprint density at radius 2 is 1.92 bits per heavy atom. The smallest absolute Gasteiger partial charge is 0.160 e. The number of hydrogen-bond donors (Lipinski definition) is 2. The SMILES string of the molecule is CCCNc1ncsc1NCCC. The van der Waals surface area contributed by atoms with Crippen molar-refractivity contribution in [2.75, 3.05) is 23.7 Å². The fourth-order valence-electron chi connectivity index (χ4n) is 0.979. The molecule has 2 N–H and O–H groups in total. The minimum absolute atomic E-state index is 0.991. The lowest BCUT2D eigenvalue weighted by atomic mass is 10.4. The van der Waals surface area contributed by atoms with Gasteiger partial charge in [0.1, 0.15) is 5.00 Å². The zero-order chi connectivity index (χ0) is 9.52. The van der Waals surface area contributed by atoms with Crippen molar-refractivity contribution in [3.63, 3.8) is 0 Å². The van der Waals surface area contributed by atoms with E-state index in [1.807, 2.05) is 5.51 Å². The molecule has 0 unspecified atom stereocenters. The van der Waals surface area contributed by atoms with Crippen LogP contribution in [0, 0.1) is 0 Å². The molecule has 0 radical (unpaired) electrons. The molecule has 0 amide bonds. The van der Waals surface area contributed by atoms with E-state index in [1.165, 1.54) is 0 Å². The van der Waals surface area contributed by atoms with Gasteiger partial charge >= 0.3 is 0 Å². The standard InChI is InChI=1S/C9H17N3S/c1-3-5-10-8-9(11-6-4-2)13-7-12-8/h7,10-11H,3-6H2,1-2H3. The maximum atomic E-state index is 4.25. The Kier molecular flexibility index (Phi) is 4.60. The van der Waals surface area contributed by atoms with Crippen molar-refractivity contribution < 1.29 is 0 Å². The van der Waals surface area contributed by atoms with Crippen LogP contribution in [0.2, 0.25) is 0 Å². The third-order valence-corrected chi connectivity index (χ3v) is 2.43. The molecule has 0 fully saturated rings. The highest BCUT2D eigenvalue weighted by molar-refractivity contribution is 7.14. The molecule has 0 saturated heterocycles. The molecule has 0 bridgehead atoms. The molecule has 13 heavy (non-hydrogen) atoms. The van der Waals surface area contributed by atoms with Crippen LogP contribution >= 0.6 is 11.3 Å². The lowest BCUT2D eigenvalue weighted by Crippen LogP contribution is -2.04. The first-order valence-corrected chi connectivity index (χ1v) is 5.67. The van der Waals surface area contributed by atoms with E-state index >= 15 is 0 Å². The molecular weight excluding hydrogens is 182 g/mol. The average Bonchev–Trinajstić information content (AvgIpc) is 2.59. The molecule has 0 aliphatic rings. The fourth-order valence-corrected chi connectivity index (χ4v) is 1.66. The Morgan fingerprint density at radius 3 is 2.62 bits per heavy atom. The molecule has 0 saturated carbocycles. The summed E-state index contributed by atoms with van der Waals surface area (Å²) in [6.07, 6.45) is 2.27. The second kappa shape index (κ2) is 5.80. The summed E-state index contributed by atoms with van der Waals surface area (Å²) in [5, 5.41) is 7.80. The van der Waals surface area contributed by atoms with Crippen LogP contribution in [0.1, 0.15) is 26.7 Å². The van der Waals surface area contributed by atoms with Gasteiger partial charge in [0, 0.05) is 13.1 Å². The van der Waals surface area contributed by atoms with Crippen molar-refractivity contribution >= 4 is 22.2 Å². The number of anilines is 2. The molecule has 0 atom stereocenters. The van der Waals surface area contributed by atoms with Crippen LogP contribution in [0.4, 0.5) is 10.8 Å². The number of aromatic nitrogens is 1. The Hall–Kier alpha value is -0.770. The number of nitrogens with zero attached hydrogens (tertiary/aromatic N) is 1. The molecule has 3 nitrogen and oxygen atoms in total. The summed E-state index contributed by atoms with van der Waals surface area (Å²) in [4.78, 5) is 4.25. The average molecular weight is 199 g/mol. The largest absolute Gasteiger partial charge is 0.374 e. The van der Waals surface area contributed by atoms with Gasteiger partial charge in [-0.2, -0.15) is 0 Å². The summed E-state index contributed by atoms with van der Waals surface area (Å²) in [6.45, 7) is 6.32. The number of thiazole rings is 1. The summed E-state index contributed by atoms with van der Waals surface area (Å²) in [5.41, 5.74) is 1.87. The van der Waals surface area contributed by atoms with Gasteiger partial charge in [-0.3, -0.25) is 0 Å². The van der Waals surface area contributed by atoms with E-state index in [1.54, 1.807) is 11.3 Å². The maximum Gasteiger partial charge on any atom is 0.160 e. The van der Waals surface area contributed by atoms with Crippen molar-refractivity contribution in [3.05, 3.63) is 5.51 Å². The van der Waals surface area contributed by atoms with Crippen molar-refractivity contribution in [3.8, 4) is 0 Å². The zero-order valence-corrected chi connectivity index (χ0v) is 9.08. The van der Waals surface area contributed by atoms with Gasteiger partial charge in [0.05, 0.1) is 5.51 Å². The van der Waals surface area contributed by atoms with Gasteiger partial charge in [-0.1, -0.05) is 13.8 Å². The molecule has 1 aromatic heterocycles. The Labute approximate surface area is 83.6 Å². The Balaban J connectivity index is 2.45. The lowest BCUT2D eigenvalue weighted by molar-refractivity contribution is 0.964. The van der Waals surface area contributed by atoms with Gasteiger partial charge in [0.15, 0.2) is 5.82 Å². The molecule has 0 aromatic carbocycles. The van der Waals surface area contributed by atoms with Crippen LogP contribution < -0.4 is 10.6 Å². The topological polar surface area (TPSA) is 37.0 Å². The quantitative estimate of drug-likeness (QED) is 0.739. The van der Waals surface area contributed by atoms with E-state index in [0.29, 0.717) is 0 Å². The second-order valence-electron chi connectivity index (χ2n) is 2.88. The predicted octanol–water partition coefficient (Wildman–Crippen LogP) is 2.79. The molecule has 4 heteroatoms. The third kappa shape index (κ3) is 3.22. The zero-order valence-electron chi connectivity index (χ0n) is 8.26. The monoisotopic (exact) mass is 199 g/mol. The first-order chi connectivity index (χ1) is 6.38. The first-order valence-electron chi connectivity index (χ1n) is 4.79. The van der Waals surface area contributed by atoms with Crippen LogP contribution in [0.25, 0.3) is 0 Å². The van der Waals surface area contributed by atoms with Crippen LogP contribution in [-0.4, -0.2) is 18.1 Å². The Bertz CT molecular complexity index is 212. The van der Waals surface area contributed by atoms with Crippen molar-refractivity contribution in [2.45, 2.75) is 26.7 Å². The van der Waals surface area contributed by atoms with Gasteiger partial charge in [0.2, 0.25) is 0 Å². The highest BCUT2D eigenvalue weighted by Gasteiger charge is 2.02. The molecule has 0 aliphatic carbocycles. The molecule has 74 valence electrons. The molecule has 0 spiro atoms. The summed E-state index contributed by atoms with van der Waals surface area (Å²) < 4.78 is 0. The molecule has 1 aromatic rings. The summed E-state index contributed by atoms with van der Waals surface area (Å²) >= 11 is 1.66. The highest BCUT2D eigenvalue weighted by atomic mass is 32.1. The summed E-state index contributed by atoms with van der Waals surface area (Å²) in [7, 11) is 0. The normalized spacial score (nSPS) is 10.0. The van der Waals surface area contributed by atoms with Crippen LogP contribution in [-0.2, 0) is 0 Å². The van der Waals surface area contributed by atoms with Crippen LogP contribution in [0.5, 0.6) is 0 Å². The first kappa shape index (κ1) is 10.3. The van der Waals surface area contributed by atoms with E-state index in [2.05, 4.69) is 29.5 Å². The summed E-state index contributed by atoms with van der Waals surface area (Å²) in [5.74, 6) is 1.00. The van der Waals surface area contributed by atoms with Crippen molar-refractivity contribution in [1.29, 1.82) is 0 Å². The third-order valence-electron chi connectivity index (χ3n) is 1.65. The van der Waals surface area contributed by atoms with E-state index in [9.17, 15) is 0 Å². The predicted molar refractivity (Wildman–Crippen MR) is 59.7 cm³/mol. The molecular formula is C9H17N3S. The summed E-state index contributed by atoms with van der Waals surface area (Å²) in [6, 6.07) is 0. The van der Waals surface area contributed by atoms with E-state index in [0.717, 1.165) is 36.8 Å². The van der Waals surface area contributed by atoms with Crippen LogP contribution in [0.3, 0.4) is 0 Å². The van der Waals surface area contributed by atoms with Crippen molar-refractivity contribution in [2.24, 2.45) is 0 Å². The number of rotatable bonds is 6. The van der Waals surface area contributed by atoms with Gasteiger partial charge in [-0.25, -0.2) is 4.98 Å². The minimum atomic E-state index is 0.991. The number of hydrogen-bond acceptors (Lipinski definition) is 4. The van der Waals surface area contributed by atoms with Gasteiger partial charge in [-0.15, -0.1) is 11.3 Å². The minimum Gasteiger partial charge on any atom is -0.374 e. The van der Waals surface area contributed by atoms with Gasteiger partial charge in [-0.05, 0) is 12.8 Å². The van der Waals surface area contributed by atoms with Crippen molar-refractivity contribution in [1.82, 2.24) is 4.98 Å². The highest BCUT2D eigenvalue weighted by Crippen LogP contribution is 2.24. The second-order valence-corrected chi connectivity index (χ2v) is 3.74. The van der Waals surface area contributed by atoms with Gasteiger partial charge < -0.3 is 10.6 Å². The van der Waals surface area contributed by atoms with E-state index in [4.69, 9.17) is 0 Å². The van der Waals surface area contributed by atoms with Gasteiger partial charge in [0.25, 0.3) is 0 Å². The molecule has 1 rings (SSSR count).